The molecule has 1 aliphatic heterocycles. The van der Waals surface area contributed by atoms with E-state index in [1.54, 1.807) is 15.6 Å². The second kappa shape index (κ2) is 7.72. The SMILES string of the molecule is Cc1ccc(S(=O)(=O)N2CCN(C(=O)c3cc4c(C)nn(C)c4nc3C)CC2)c(C)c1. The summed E-state index contributed by atoms with van der Waals surface area (Å²) < 4.78 is 29.4. The Hall–Kier alpha value is -2.78. The highest BCUT2D eigenvalue weighted by Crippen LogP contribution is 2.24. The molecule has 0 radical (unpaired) electrons. The maximum absolute atomic E-state index is 13.2. The fraction of sp³-hybridized carbons (Fsp3) is 0.409. The molecule has 1 aliphatic rings. The van der Waals surface area contributed by atoms with Crippen molar-refractivity contribution in [2.45, 2.75) is 32.6 Å². The minimum Gasteiger partial charge on any atom is -0.336 e. The summed E-state index contributed by atoms with van der Waals surface area (Å²) in [4.78, 5) is 19.8. The van der Waals surface area contributed by atoms with Crippen molar-refractivity contribution in [3.63, 3.8) is 0 Å². The maximum atomic E-state index is 13.2. The molecule has 1 amide bonds. The van der Waals surface area contributed by atoms with Crippen LogP contribution in [0.15, 0.2) is 29.2 Å². The van der Waals surface area contributed by atoms with Crippen molar-refractivity contribution in [2.75, 3.05) is 26.2 Å². The van der Waals surface area contributed by atoms with Gasteiger partial charge in [0.1, 0.15) is 0 Å². The number of aromatic nitrogens is 3. The molecule has 3 aromatic rings. The van der Waals surface area contributed by atoms with Crippen LogP contribution in [0.1, 0.15) is 32.9 Å². The van der Waals surface area contributed by atoms with Gasteiger partial charge >= 0.3 is 0 Å². The van der Waals surface area contributed by atoms with Gasteiger partial charge in [-0.25, -0.2) is 13.4 Å². The van der Waals surface area contributed by atoms with Crippen molar-refractivity contribution in [1.82, 2.24) is 24.0 Å². The summed E-state index contributed by atoms with van der Waals surface area (Å²) in [5, 5.41) is 5.23. The van der Waals surface area contributed by atoms with Crippen LogP contribution in [0.25, 0.3) is 11.0 Å². The molecule has 1 fully saturated rings. The van der Waals surface area contributed by atoms with Gasteiger partial charge < -0.3 is 4.90 Å². The highest BCUT2D eigenvalue weighted by atomic mass is 32.2. The molecule has 2 aromatic heterocycles. The topological polar surface area (TPSA) is 88.4 Å². The summed E-state index contributed by atoms with van der Waals surface area (Å²) in [6.07, 6.45) is 0. The minimum absolute atomic E-state index is 0.126. The number of amides is 1. The lowest BCUT2D eigenvalue weighted by Crippen LogP contribution is -2.50. The number of sulfonamides is 1. The van der Waals surface area contributed by atoms with Crippen molar-refractivity contribution in [2.24, 2.45) is 7.05 Å². The van der Waals surface area contributed by atoms with Gasteiger partial charge in [-0.15, -0.1) is 0 Å². The molecule has 9 heteroatoms. The van der Waals surface area contributed by atoms with Crippen molar-refractivity contribution in [1.29, 1.82) is 0 Å². The van der Waals surface area contributed by atoms with Gasteiger partial charge in [0.05, 0.1) is 21.8 Å². The van der Waals surface area contributed by atoms with E-state index in [9.17, 15) is 13.2 Å². The summed E-state index contributed by atoms with van der Waals surface area (Å²) in [5.41, 5.74) is 4.51. The predicted molar refractivity (Wildman–Crippen MR) is 119 cm³/mol. The van der Waals surface area contributed by atoms with Crippen molar-refractivity contribution < 1.29 is 13.2 Å². The molecule has 1 saturated heterocycles. The number of fused-ring (bicyclic) bond motifs is 1. The zero-order valence-corrected chi connectivity index (χ0v) is 19.3. The largest absolute Gasteiger partial charge is 0.336 e. The van der Waals surface area contributed by atoms with E-state index in [4.69, 9.17) is 0 Å². The Bertz CT molecular complexity index is 1290. The molecule has 4 rings (SSSR count). The van der Waals surface area contributed by atoms with Gasteiger partial charge in [-0.2, -0.15) is 9.40 Å². The highest BCUT2D eigenvalue weighted by molar-refractivity contribution is 7.89. The molecule has 0 bridgehead atoms. The third kappa shape index (κ3) is 3.72. The molecule has 164 valence electrons. The Kier molecular flexibility index (Phi) is 5.35. The van der Waals surface area contributed by atoms with Crippen LogP contribution in [-0.2, 0) is 17.1 Å². The smallest absolute Gasteiger partial charge is 0.255 e. The number of piperazine rings is 1. The summed E-state index contributed by atoms with van der Waals surface area (Å²) in [6.45, 7) is 8.67. The standard InChI is InChI=1S/C22H27N5O3S/c1-14-6-7-20(15(2)12-14)31(29,30)27-10-8-26(9-11-27)22(28)19-13-18-17(4)24-25(5)21(18)23-16(19)3/h6-7,12-13H,8-11H2,1-5H3. The lowest BCUT2D eigenvalue weighted by molar-refractivity contribution is 0.0697. The lowest BCUT2D eigenvalue weighted by Gasteiger charge is -2.34. The van der Waals surface area contributed by atoms with E-state index in [1.807, 2.05) is 52.9 Å². The van der Waals surface area contributed by atoms with Crippen LogP contribution in [0, 0.1) is 27.7 Å². The first kappa shape index (κ1) is 21.5. The Morgan fingerprint density at radius 2 is 1.65 bits per heavy atom. The van der Waals surface area contributed by atoms with Gasteiger partial charge in [0.2, 0.25) is 10.0 Å². The number of pyridine rings is 1. The third-order valence-corrected chi connectivity index (χ3v) is 7.95. The van der Waals surface area contributed by atoms with E-state index in [2.05, 4.69) is 10.1 Å². The van der Waals surface area contributed by atoms with Crippen LogP contribution in [0.3, 0.4) is 0 Å². The Balaban J connectivity index is 1.54. The average Bonchev–Trinajstić information content (AvgIpc) is 2.99. The number of hydrogen-bond acceptors (Lipinski definition) is 5. The van der Waals surface area contributed by atoms with Crippen LogP contribution >= 0.6 is 0 Å². The van der Waals surface area contributed by atoms with E-state index in [0.717, 1.165) is 27.9 Å². The summed E-state index contributed by atoms with van der Waals surface area (Å²) >= 11 is 0. The van der Waals surface area contributed by atoms with E-state index in [-0.39, 0.29) is 19.0 Å². The zero-order chi connectivity index (χ0) is 22.5. The van der Waals surface area contributed by atoms with Gasteiger partial charge in [0, 0.05) is 38.6 Å². The van der Waals surface area contributed by atoms with E-state index in [1.165, 1.54) is 4.31 Å². The van der Waals surface area contributed by atoms with E-state index in [0.29, 0.717) is 29.2 Å². The maximum Gasteiger partial charge on any atom is 0.255 e. The number of hydrogen-bond donors (Lipinski definition) is 0. The Labute approximate surface area is 182 Å². The zero-order valence-electron chi connectivity index (χ0n) is 18.5. The quantitative estimate of drug-likeness (QED) is 0.623. The molecule has 3 heterocycles. The second-order valence-electron chi connectivity index (χ2n) is 8.17. The Morgan fingerprint density at radius 1 is 0.968 bits per heavy atom. The molecule has 1 aromatic carbocycles. The average molecular weight is 442 g/mol. The van der Waals surface area contributed by atoms with E-state index >= 15 is 0 Å². The van der Waals surface area contributed by atoms with Crippen LogP contribution in [0.4, 0.5) is 0 Å². The van der Waals surface area contributed by atoms with Gasteiger partial charge in [-0.1, -0.05) is 17.7 Å². The second-order valence-corrected chi connectivity index (χ2v) is 10.1. The van der Waals surface area contributed by atoms with Crippen LogP contribution < -0.4 is 0 Å². The number of carbonyl (C=O) groups excluding carboxylic acids is 1. The van der Waals surface area contributed by atoms with Gasteiger partial charge in [-0.05, 0) is 45.4 Å². The predicted octanol–water partition coefficient (Wildman–Crippen LogP) is 2.35. The number of aryl methyl sites for hydroxylation is 5. The highest BCUT2D eigenvalue weighted by Gasteiger charge is 2.32. The monoisotopic (exact) mass is 441 g/mol. The van der Waals surface area contributed by atoms with E-state index < -0.39 is 10.0 Å². The first-order valence-corrected chi connectivity index (χ1v) is 11.7. The molecule has 0 N–H and O–H groups in total. The number of rotatable bonds is 3. The molecule has 0 unspecified atom stereocenters. The van der Waals surface area contributed by atoms with Crippen LogP contribution in [-0.4, -0.2) is 64.5 Å². The Morgan fingerprint density at radius 3 is 2.29 bits per heavy atom. The molecule has 31 heavy (non-hydrogen) atoms. The number of carbonyl (C=O) groups is 1. The van der Waals surface area contributed by atoms with Crippen molar-refractivity contribution in [3.05, 3.63) is 52.3 Å². The van der Waals surface area contributed by atoms with Crippen LogP contribution in [0.5, 0.6) is 0 Å². The molecule has 8 nitrogen and oxygen atoms in total. The van der Waals surface area contributed by atoms with Gasteiger partial charge in [0.25, 0.3) is 5.91 Å². The molecule has 0 aliphatic carbocycles. The normalized spacial score (nSPS) is 15.6. The molecule has 0 atom stereocenters. The third-order valence-electron chi connectivity index (χ3n) is 5.89. The molecular formula is C22H27N5O3S. The summed E-state index contributed by atoms with van der Waals surface area (Å²) in [5.74, 6) is -0.126. The minimum atomic E-state index is -3.59. The van der Waals surface area contributed by atoms with Crippen molar-refractivity contribution in [3.8, 4) is 0 Å². The van der Waals surface area contributed by atoms with Crippen LogP contribution in [0.2, 0.25) is 0 Å². The van der Waals surface area contributed by atoms with Gasteiger partial charge in [0.15, 0.2) is 5.65 Å². The fourth-order valence-electron chi connectivity index (χ4n) is 4.18. The first-order valence-electron chi connectivity index (χ1n) is 10.3. The number of benzene rings is 1. The number of nitrogens with zero attached hydrogens (tertiary/aromatic N) is 5. The summed E-state index contributed by atoms with van der Waals surface area (Å²) in [7, 11) is -1.76. The van der Waals surface area contributed by atoms with Crippen molar-refractivity contribution >= 4 is 27.0 Å². The lowest BCUT2D eigenvalue weighted by atomic mass is 10.1. The molecule has 0 spiro atoms. The molecule has 0 saturated carbocycles. The summed E-state index contributed by atoms with van der Waals surface area (Å²) in [6, 6.07) is 7.20. The first-order chi connectivity index (χ1) is 14.6. The fourth-order valence-corrected chi connectivity index (χ4v) is 5.81. The molecular weight excluding hydrogens is 414 g/mol. The van der Waals surface area contributed by atoms with Gasteiger partial charge in [-0.3, -0.25) is 9.48 Å².